The number of rotatable bonds is 9. The Labute approximate surface area is 198 Å². The third-order valence-electron chi connectivity index (χ3n) is 4.81. The van der Waals surface area contributed by atoms with Gasteiger partial charge in [-0.15, -0.1) is 11.8 Å². The summed E-state index contributed by atoms with van der Waals surface area (Å²) in [6.07, 6.45) is 3.52. The van der Waals surface area contributed by atoms with Crippen LogP contribution in [0.3, 0.4) is 0 Å². The zero-order valence-electron chi connectivity index (χ0n) is 18.5. The lowest BCUT2D eigenvalue weighted by Crippen LogP contribution is -2.21. The molecule has 1 aromatic heterocycles. The van der Waals surface area contributed by atoms with Crippen molar-refractivity contribution in [2.45, 2.75) is 39.7 Å². The van der Waals surface area contributed by atoms with Crippen LogP contribution in [0.15, 0.2) is 54.7 Å². The molecule has 1 heterocycles. The van der Waals surface area contributed by atoms with Crippen LogP contribution < -0.4 is 11.1 Å². The maximum atomic E-state index is 14.6. The molecule has 0 unspecified atom stereocenters. The van der Waals surface area contributed by atoms with Crippen LogP contribution in [0.2, 0.25) is 5.02 Å². The maximum Gasteiger partial charge on any atom is 0.163 e. The molecule has 0 radical (unpaired) electrons. The van der Waals surface area contributed by atoms with Crippen LogP contribution >= 0.6 is 23.4 Å². The van der Waals surface area contributed by atoms with Crippen LogP contribution in [0.25, 0.3) is 27.6 Å². The van der Waals surface area contributed by atoms with Crippen LogP contribution in [0, 0.1) is 5.82 Å². The molecule has 0 spiro atoms. The average Bonchev–Trinajstić information content (AvgIpc) is 2.77. The molecule has 0 amide bonds. The van der Waals surface area contributed by atoms with Gasteiger partial charge < -0.3 is 11.1 Å². The first-order valence-electron chi connectivity index (χ1n) is 10.6. The third kappa shape index (κ3) is 6.09. The molecule has 0 saturated carbocycles. The second-order valence-corrected chi connectivity index (χ2v) is 9.11. The van der Waals surface area contributed by atoms with E-state index >= 15 is 0 Å². The lowest BCUT2D eigenvalue weighted by atomic mass is 10.0. The smallest absolute Gasteiger partial charge is 0.163 e. The standard InChI is InChI=1S/C25H28ClFN4S/c1-4-7-17-10-11-18(20(26)12-17)22-13-23(24(14-28)32-15-29-16(2)3)31-25(30-22)19-8-5-6-9-21(19)27/h5-6,8-14,16,29H,4,7,15,28H2,1-3H3/b24-14-. The lowest BCUT2D eigenvalue weighted by Gasteiger charge is -2.14. The zero-order chi connectivity index (χ0) is 23.1. The highest BCUT2D eigenvalue weighted by Gasteiger charge is 2.16. The van der Waals surface area contributed by atoms with Gasteiger partial charge in [0.15, 0.2) is 5.82 Å². The summed E-state index contributed by atoms with van der Waals surface area (Å²) >= 11 is 8.16. The van der Waals surface area contributed by atoms with Gasteiger partial charge in [-0.25, -0.2) is 14.4 Å². The van der Waals surface area contributed by atoms with E-state index in [1.165, 1.54) is 29.6 Å². The van der Waals surface area contributed by atoms with Gasteiger partial charge in [-0.05, 0) is 36.2 Å². The van der Waals surface area contributed by atoms with Crippen LogP contribution in [0.5, 0.6) is 0 Å². The molecule has 0 aliphatic heterocycles. The SMILES string of the molecule is CCCc1ccc(-c2cc(/C(=C/N)SCNC(C)C)nc(-c3ccccc3F)n2)c(Cl)c1. The Morgan fingerprint density at radius 3 is 2.59 bits per heavy atom. The Morgan fingerprint density at radius 2 is 1.94 bits per heavy atom. The highest BCUT2D eigenvalue weighted by molar-refractivity contribution is 8.08. The summed E-state index contributed by atoms with van der Waals surface area (Å²) < 4.78 is 14.6. The number of aryl methyl sites for hydroxylation is 1. The fourth-order valence-electron chi connectivity index (χ4n) is 3.18. The third-order valence-corrected chi connectivity index (χ3v) is 6.09. The van der Waals surface area contributed by atoms with Crippen LogP contribution in [0.1, 0.15) is 38.4 Å². The van der Waals surface area contributed by atoms with E-state index in [4.69, 9.17) is 17.3 Å². The van der Waals surface area contributed by atoms with Crippen molar-refractivity contribution >= 4 is 28.3 Å². The summed E-state index contributed by atoms with van der Waals surface area (Å²) in [7, 11) is 0. The van der Waals surface area contributed by atoms with Gasteiger partial charge in [-0.2, -0.15) is 0 Å². The molecule has 0 fully saturated rings. The van der Waals surface area contributed by atoms with E-state index in [0.717, 1.165) is 23.3 Å². The fourth-order valence-corrected chi connectivity index (χ4v) is 4.40. The summed E-state index contributed by atoms with van der Waals surface area (Å²) in [4.78, 5) is 10.1. The number of halogens is 2. The van der Waals surface area contributed by atoms with Gasteiger partial charge in [0, 0.05) is 28.6 Å². The van der Waals surface area contributed by atoms with E-state index in [1.807, 2.05) is 18.2 Å². The highest BCUT2D eigenvalue weighted by atomic mass is 35.5. The second kappa shape index (κ2) is 11.5. The van der Waals surface area contributed by atoms with Gasteiger partial charge >= 0.3 is 0 Å². The molecular formula is C25H28ClFN4S. The van der Waals surface area contributed by atoms with Gasteiger partial charge in [0.2, 0.25) is 0 Å². The first-order chi connectivity index (χ1) is 15.4. The quantitative estimate of drug-likeness (QED) is 0.349. The molecular weight excluding hydrogens is 443 g/mol. The van der Waals surface area contributed by atoms with Gasteiger partial charge in [0.25, 0.3) is 0 Å². The number of benzene rings is 2. The average molecular weight is 471 g/mol. The molecule has 32 heavy (non-hydrogen) atoms. The Kier molecular flexibility index (Phi) is 8.67. The lowest BCUT2D eigenvalue weighted by molar-refractivity contribution is 0.630. The van der Waals surface area contributed by atoms with Crippen molar-refractivity contribution in [2.24, 2.45) is 5.73 Å². The summed E-state index contributed by atoms with van der Waals surface area (Å²) in [5.41, 5.74) is 9.46. The Morgan fingerprint density at radius 1 is 1.16 bits per heavy atom. The molecule has 3 N–H and O–H groups in total. The van der Waals surface area contributed by atoms with Crippen LogP contribution in [-0.4, -0.2) is 21.9 Å². The number of nitrogens with zero attached hydrogens (tertiary/aromatic N) is 2. The summed E-state index contributed by atoms with van der Waals surface area (Å²) in [6, 6.07) is 14.7. The molecule has 0 aliphatic carbocycles. The van der Waals surface area contributed by atoms with E-state index < -0.39 is 0 Å². The molecule has 3 rings (SSSR count). The topological polar surface area (TPSA) is 63.8 Å². The largest absolute Gasteiger partial charge is 0.404 e. The minimum absolute atomic E-state index is 0.293. The van der Waals surface area contributed by atoms with E-state index in [2.05, 4.69) is 42.1 Å². The van der Waals surface area contributed by atoms with Crippen molar-refractivity contribution in [2.75, 3.05) is 5.88 Å². The van der Waals surface area contributed by atoms with Crippen LogP contribution in [-0.2, 0) is 6.42 Å². The van der Waals surface area contributed by atoms with Gasteiger partial charge in [-0.3, -0.25) is 0 Å². The van der Waals surface area contributed by atoms with Crippen LogP contribution in [0.4, 0.5) is 4.39 Å². The molecule has 3 aromatic rings. The Bertz CT molecular complexity index is 1100. The molecule has 4 nitrogen and oxygen atoms in total. The van der Waals surface area contributed by atoms with Crippen molar-refractivity contribution in [1.29, 1.82) is 0 Å². The van der Waals surface area contributed by atoms with Crippen molar-refractivity contribution in [1.82, 2.24) is 15.3 Å². The number of hydrogen-bond donors (Lipinski definition) is 2. The van der Waals surface area contributed by atoms with E-state index in [0.29, 0.717) is 39.7 Å². The zero-order valence-corrected chi connectivity index (χ0v) is 20.1. The molecule has 168 valence electrons. The Balaban J connectivity index is 2.10. The number of aromatic nitrogens is 2. The van der Waals surface area contributed by atoms with E-state index in [1.54, 1.807) is 18.2 Å². The normalized spacial score (nSPS) is 11.9. The van der Waals surface area contributed by atoms with Crippen molar-refractivity contribution in [3.63, 3.8) is 0 Å². The molecule has 0 aliphatic rings. The predicted molar refractivity (Wildman–Crippen MR) is 135 cm³/mol. The molecule has 0 atom stereocenters. The number of nitrogens with one attached hydrogen (secondary N) is 1. The van der Waals surface area contributed by atoms with Crippen molar-refractivity contribution < 1.29 is 4.39 Å². The monoisotopic (exact) mass is 470 g/mol. The molecule has 7 heteroatoms. The summed E-state index contributed by atoms with van der Waals surface area (Å²) in [6.45, 7) is 6.29. The van der Waals surface area contributed by atoms with Gasteiger partial charge in [0.05, 0.1) is 22.0 Å². The minimum Gasteiger partial charge on any atom is -0.404 e. The first kappa shape index (κ1) is 24.2. The highest BCUT2D eigenvalue weighted by Crippen LogP contribution is 2.33. The number of hydrogen-bond acceptors (Lipinski definition) is 5. The van der Waals surface area contributed by atoms with E-state index in [-0.39, 0.29) is 5.82 Å². The molecule has 0 saturated heterocycles. The Hall–Kier alpha value is -2.41. The summed E-state index contributed by atoms with van der Waals surface area (Å²) in [5.74, 6) is 0.579. The van der Waals surface area contributed by atoms with E-state index in [9.17, 15) is 4.39 Å². The minimum atomic E-state index is -0.382. The predicted octanol–water partition coefficient (Wildman–Crippen LogP) is 6.50. The number of thioether (sulfide) groups is 1. The summed E-state index contributed by atoms with van der Waals surface area (Å²) in [5, 5.41) is 3.96. The fraction of sp³-hybridized carbons (Fsp3) is 0.280. The van der Waals surface area contributed by atoms with Crippen molar-refractivity contribution in [3.8, 4) is 22.6 Å². The van der Waals surface area contributed by atoms with Gasteiger partial charge in [0.1, 0.15) is 5.82 Å². The van der Waals surface area contributed by atoms with Crippen molar-refractivity contribution in [3.05, 3.63) is 76.8 Å². The maximum absolute atomic E-state index is 14.6. The van der Waals surface area contributed by atoms with Gasteiger partial charge in [-0.1, -0.05) is 63.1 Å². The second-order valence-electron chi connectivity index (χ2n) is 7.68. The number of nitrogens with two attached hydrogens (primary N) is 1. The molecule has 2 aromatic carbocycles. The first-order valence-corrected chi connectivity index (χ1v) is 12.0. The molecule has 0 bridgehead atoms.